The Kier molecular flexibility index (Phi) is 3.97. The highest BCUT2D eigenvalue weighted by Gasteiger charge is 2.11. The summed E-state index contributed by atoms with van der Waals surface area (Å²) in [5.41, 5.74) is 4.08. The highest BCUT2D eigenvalue weighted by atomic mass is 16.1. The van der Waals surface area contributed by atoms with Gasteiger partial charge in [-0.1, -0.05) is 54.6 Å². The molecule has 3 rings (SSSR count). The van der Waals surface area contributed by atoms with E-state index in [1.54, 1.807) is 6.07 Å². The molecule has 0 saturated carbocycles. The molecule has 3 nitrogen and oxygen atoms in total. The van der Waals surface area contributed by atoms with Crippen LogP contribution in [0.5, 0.6) is 0 Å². The Hall–Kier alpha value is -2.94. The number of amides is 1. The number of carbonyl (C=O) groups excluding carboxylic acids is 1. The summed E-state index contributed by atoms with van der Waals surface area (Å²) in [4.78, 5) is 16.6. The maximum Gasteiger partial charge on any atom is 0.274 e. The van der Waals surface area contributed by atoms with Crippen molar-refractivity contribution in [2.75, 3.05) is 5.32 Å². The number of aryl methyl sites for hydroxylation is 1. The number of pyridine rings is 1. The summed E-state index contributed by atoms with van der Waals surface area (Å²) in [6.45, 7) is 1.87. The van der Waals surface area contributed by atoms with Crippen LogP contribution in [0.25, 0.3) is 11.1 Å². The number of rotatable bonds is 3. The molecule has 0 aliphatic rings. The molecule has 3 aromatic rings. The van der Waals surface area contributed by atoms with Crippen molar-refractivity contribution in [1.29, 1.82) is 0 Å². The number of benzene rings is 2. The third kappa shape index (κ3) is 3.04. The Bertz CT molecular complexity index is 797. The largest absolute Gasteiger partial charge is 0.320 e. The first-order valence-electron chi connectivity index (χ1n) is 7.13. The van der Waals surface area contributed by atoms with Gasteiger partial charge in [0.1, 0.15) is 5.69 Å². The van der Waals surface area contributed by atoms with Crippen molar-refractivity contribution in [2.24, 2.45) is 0 Å². The second kappa shape index (κ2) is 6.22. The molecule has 0 fully saturated rings. The first-order chi connectivity index (χ1) is 10.7. The molecule has 0 aliphatic carbocycles. The summed E-state index contributed by atoms with van der Waals surface area (Å²) >= 11 is 0. The van der Waals surface area contributed by atoms with Gasteiger partial charge in [-0.25, -0.2) is 4.98 Å². The third-order valence-electron chi connectivity index (χ3n) is 3.38. The Labute approximate surface area is 129 Å². The Morgan fingerprint density at radius 2 is 1.59 bits per heavy atom. The van der Waals surface area contributed by atoms with E-state index < -0.39 is 0 Å². The molecule has 0 radical (unpaired) electrons. The molecular formula is C19H16N2O. The maximum atomic E-state index is 12.4. The minimum atomic E-state index is -0.202. The first kappa shape index (κ1) is 14.0. The van der Waals surface area contributed by atoms with Crippen LogP contribution in [0.15, 0.2) is 72.8 Å². The van der Waals surface area contributed by atoms with Crippen molar-refractivity contribution in [3.63, 3.8) is 0 Å². The molecule has 22 heavy (non-hydrogen) atoms. The van der Waals surface area contributed by atoms with Crippen LogP contribution in [-0.2, 0) is 0 Å². The smallest absolute Gasteiger partial charge is 0.274 e. The number of nitrogens with one attached hydrogen (secondary N) is 1. The van der Waals surface area contributed by atoms with Gasteiger partial charge in [0.2, 0.25) is 0 Å². The molecule has 1 heterocycles. The SMILES string of the molecule is Cc1cccc(C(=O)Nc2ccccc2-c2ccccc2)n1. The van der Waals surface area contributed by atoms with Crippen LogP contribution < -0.4 is 5.32 Å². The summed E-state index contributed by atoms with van der Waals surface area (Å²) < 4.78 is 0. The van der Waals surface area contributed by atoms with E-state index in [9.17, 15) is 4.79 Å². The Morgan fingerprint density at radius 1 is 0.864 bits per heavy atom. The average Bonchev–Trinajstić information content (AvgIpc) is 2.56. The molecule has 1 aromatic heterocycles. The number of hydrogen-bond donors (Lipinski definition) is 1. The number of aromatic nitrogens is 1. The zero-order valence-electron chi connectivity index (χ0n) is 12.3. The standard InChI is InChI=1S/C19H16N2O/c1-14-8-7-13-18(20-14)19(22)21-17-12-6-5-11-16(17)15-9-3-2-4-10-15/h2-13H,1H3,(H,21,22). The number of nitrogens with zero attached hydrogens (tertiary/aromatic N) is 1. The van der Waals surface area contributed by atoms with Crippen LogP contribution in [0.3, 0.4) is 0 Å². The molecule has 0 saturated heterocycles. The van der Waals surface area contributed by atoms with Crippen LogP contribution >= 0.6 is 0 Å². The minimum absolute atomic E-state index is 0.202. The van der Waals surface area contributed by atoms with Crippen molar-refractivity contribution in [3.05, 3.63) is 84.2 Å². The van der Waals surface area contributed by atoms with Gasteiger partial charge in [0.25, 0.3) is 5.91 Å². The maximum absolute atomic E-state index is 12.4. The van der Waals surface area contributed by atoms with Gasteiger partial charge in [0.15, 0.2) is 0 Å². The van der Waals surface area contributed by atoms with Crippen LogP contribution in [0, 0.1) is 6.92 Å². The van der Waals surface area contributed by atoms with E-state index in [0.29, 0.717) is 5.69 Å². The summed E-state index contributed by atoms with van der Waals surface area (Å²) in [6.07, 6.45) is 0. The molecule has 108 valence electrons. The number of hydrogen-bond acceptors (Lipinski definition) is 2. The minimum Gasteiger partial charge on any atom is -0.320 e. The molecule has 2 aromatic carbocycles. The predicted molar refractivity (Wildman–Crippen MR) is 88.8 cm³/mol. The third-order valence-corrected chi connectivity index (χ3v) is 3.38. The summed E-state index contributed by atoms with van der Waals surface area (Å²) in [5.74, 6) is -0.202. The fourth-order valence-corrected chi connectivity index (χ4v) is 2.32. The van der Waals surface area contributed by atoms with Crippen molar-refractivity contribution in [1.82, 2.24) is 4.98 Å². The van der Waals surface area contributed by atoms with E-state index in [2.05, 4.69) is 10.3 Å². The zero-order valence-corrected chi connectivity index (χ0v) is 12.3. The molecule has 0 spiro atoms. The quantitative estimate of drug-likeness (QED) is 0.780. The fourth-order valence-electron chi connectivity index (χ4n) is 2.32. The van der Waals surface area contributed by atoms with Gasteiger partial charge >= 0.3 is 0 Å². The average molecular weight is 288 g/mol. The Morgan fingerprint density at radius 3 is 2.36 bits per heavy atom. The monoisotopic (exact) mass is 288 g/mol. The number of anilines is 1. The summed E-state index contributed by atoms with van der Waals surface area (Å²) in [7, 11) is 0. The van der Waals surface area contributed by atoms with Crippen molar-refractivity contribution in [2.45, 2.75) is 6.92 Å². The molecule has 0 bridgehead atoms. The molecule has 0 unspecified atom stereocenters. The first-order valence-corrected chi connectivity index (χ1v) is 7.13. The highest BCUT2D eigenvalue weighted by Crippen LogP contribution is 2.27. The van der Waals surface area contributed by atoms with Gasteiger partial charge in [-0.2, -0.15) is 0 Å². The van der Waals surface area contributed by atoms with E-state index in [4.69, 9.17) is 0 Å². The molecule has 0 aliphatic heterocycles. The van der Waals surface area contributed by atoms with Gasteiger partial charge in [-0.15, -0.1) is 0 Å². The molecule has 1 amide bonds. The fraction of sp³-hybridized carbons (Fsp3) is 0.0526. The summed E-state index contributed by atoms with van der Waals surface area (Å²) in [5, 5.41) is 2.95. The molecule has 3 heteroatoms. The van der Waals surface area contributed by atoms with Crippen LogP contribution in [-0.4, -0.2) is 10.9 Å². The normalized spacial score (nSPS) is 10.2. The van der Waals surface area contributed by atoms with Gasteiger partial charge in [0, 0.05) is 16.9 Å². The highest BCUT2D eigenvalue weighted by molar-refractivity contribution is 6.05. The molecular weight excluding hydrogens is 272 g/mol. The van der Waals surface area contributed by atoms with E-state index >= 15 is 0 Å². The van der Waals surface area contributed by atoms with Crippen LogP contribution in [0.1, 0.15) is 16.2 Å². The lowest BCUT2D eigenvalue weighted by molar-refractivity contribution is 0.102. The van der Waals surface area contributed by atoms with Crippen molar-refractivity contribution in [3.8, 4) is 11.1 Å². The van der Waals surface area contributed by atoms with Crippen molar-refractivity contribution < 1.29 is 4.79 Å². The lowest BCUT2D eigenvalue weighted by Gasteiger charge is -2.11. The van der Waals surface area contributed by atoms with Crippen LogP contribution in [0.2, 0.25) is 0 Å². The van der Waals surface area contributed by atoms with Crippen molar-refractivity contribution >= 4 is 11.6 Å². The summed E-state index contributed by atoms with van der Waals surface area (Å²) in [6, 6.07) is 23.2. The number of carbonyl (C=O) groups is 1. The predicted octanol–water partition coefficient (Wildman–Crippen LogP) is 4.31. The lowest BCUT2D eigenvalue weighted by atomic mass is 10.0. The van der Waals surface area contributed by atoms with Gasteiger partial charge < -0.3 is 5.32 Å². The van der Waals surface area contributed by atoms with E-state index in [0.717, 1.165) is 22.5 Å². The molecule has 1 N–H and O–H groups in total. The molecule has 0 atom stereocenters. The van der Waals surface area contributed by atoms with E-state index in [1.807, 2.05) is 73.7 Å². The van der Waals surface area contributed by atoms with E-state index in [1.165, 1.54) is 0 Å². The van der Waals surface area contributed by atoms with Crippen LogP contribution in [0.4, 0.5) is 5.69 Å². The van der Waals surface area contributed by atoms with Gasteiger partial charge in [-0.3, -0.25) is 4.79 Å². The number of para-hydroxylation sites is 1. The topological polar surface area (TPSA) is 42.0 Å². The van der Waals surface area contributed by atoms with Gasteiger partial charge in [0.05, 0.1) is 0 Å². The second-order valence-electron chi connectivity index (χ2n) is 5.03. The lowest BCUT2D eigenvalue weighted by Crippen LogP contribution is -2.14. The van der Waals surface area contributed by atoms with E-state index in [-0.39, 0.29) is 5.91 Å². The zero-order chi connectivity index (χ0) is 15.4. The Balaban J connectivity index is 1.92. The second-order valence-corrected chi connectivity index (χ2v) is 5.03. The van der Waals surface area contributed by atoms with Gasteiger partial charge in [-0.05, 0) is 30.7 Å².